The van der Waals surface area contributed by atoms with Gasteiger partial charge in [0.15, 0.2) is 5.78 Å². The van der Waals surface area contributed by atoms with Crippen molar-refractivity contribution in [2.75, 3.05) is 26.4 Å². The van der Waals surface area contributed by atoms with Crippen LogP contribution in [0, 0.1) is 0 Å². The molecule has 1 aromatic carbocycles. The number of Topliss-reactive ketones (excluding diaryl/α,β-unsaturated/α-hetero) is 1. The number of hydrogen-bond donors (Lipinski definition) is 0. The molecule has 0 aliphatic carbocycles. The highest BCUT2D eigenvalue weighted by Crippen LogP contribution is 2.18. The molecule has 0 fully saturated rings. The summed E-state index contributed by atoms with van der Waals surface area (Å²) in [5, 5.41) is 0. The minimum atomic E-state index is 0.00114. The molecule has 0 saturated heterocycles. The summed E-state index contributed by atoms with van der Waals surface area (Å²) in [7, 11) is 0. The molecule has 0 heterocycles. The summed E-state index contributed by atoms with van der Waals surface area (Å²) in [6.07, 6.45) is 0.0478. The van der Waals surface area contributed by atoms with E-state index in [0.717, 1.165) is 0 Å². The molecule has 0 bridgehead atoms. The Labute approximate surface area is 114 Å². The van der Waals surface area contributed by atoms with Gasteiger partial charge in [0.2, 0.25) is 0 Å². The fourth-order valence-corrected chi connectivity index (χ4v) is 1.62. The molecule has 4 heteroatoms. The van der Waals surface area contributed by atoms with Crippen molar-refractivity contribution in [3.63, 3.8) is 0 Å². The first-order valence-electron chi connectivity index (χ1n) is 6.57. The van der Waals surface area contributed by atoms with Crippen LogP contribution in [0.3, 0.4) is 0 Å². The summed E-state index contributed by atoms with van der Waals surface area (Å²) in [6.45, 7) is 7.61. The quantitative estimate of drug-likeness (QED) is 0.509. The Kier molecular flexibility index (Phi) is 7.15. The zero-order valence-electron chi connectivity index (χ0n) is 11.8. The molecule has 1 rings (SSSR count). The predicted molar refractivity (Wildman–Crippen MR) is 73.8 cm³/mol. The van der Waals surface area contributed by atoms with Crippen LogP contribution < -0.4 is 4.74 Å². The molecular weight excluding hydrogens is 244 g/mol. The Morgan fingerprint density at radius 1 is 1.26 bits per heavy atom. The fourth-order valence-electron chi connectivity index (χ4n) is 1.62. The van der Waals surface area contributed by atoms with Crippen molar-refractivity contribution in [2.45, 2.75) is 26.9 Å². The van der Waals surface area contributed by atoms with E-state index in [4.69, 9.17) is 14.2 Å². The van der Waals surface area contributed by atoms with E-state index in [1.807, 2.05) is 26.0 Å². The van der Waals surface area contributed by atoms with Crippen molar-refractivity contribution < 1.29 is 19.0 Å². The highest BCUT2D eigenvalue weighted by atomic mass is 16.5. The predicted octanol–water partition coefficient (Wildman–Crippen LogP) is 2.71. The highest BCUT2D eigenvalue weighted by Gasteiger charge is 2.07. The second kappa shape index (κ2) is 8.67. The van der Waals surface area contributed by atoms with Crippen molar-refractivity contribution in [3.8, 4) is 5.75 Å². The Morgan fingerprint density at radius 3 is 2.68 bits per heavy atom. The maximum atomic E-state index is 11.4. The topological polar surface area (TPSA) is 44.8 Å². The molecule has 1 aromatic rings. The molecule has 1 atom stereocenters. The van der Waals surface area contributed by atoms with Gasteiger partial charge in [-0.3, -0.25) is 4.79 Å². The third kappa shape index (κ3) is 5.85. The highest BCUT2D eigenvalue weighted by molar-refractivity contribution is 5.96. The maximum absolute atomic E-state index is 11.4. The summed E-state index contributed by atoms with van der Waals surface area (Å²) in [6, 6.07) is 7.22. The zero-order valence-corrected chi connectivity index (χ0v) is 11.8. The molecule has 0 aliphatic rings. The minimum absolute atomic E-state index is 0.00114. The Morgan fingerprint density at radius 2 is 2.00 bits per heavy atom. The lowest BCUT2D eigenvalue weighted by Gasteiger charge is -2.14. The van der Waals surface area contributed by atoms with Gasteiger partial charge in [0.25, 0.3) is 0 Å². The van der Waals surface area contributed by atoms with Crippen LogP contribution in [0.25, 0.3) is 0 Å². The number of carbonyl (C=O) groups excluding carboxylic acids is 1. The van der Waals surface area contributed by atoms with Crippen molar-refractivity contribution in [1.82, 2.24) is 0 Å². The van der Waals surface area contributed by atoms with Crippen LogP contribution in [-0.2, 0) is 9.47 Å². The molecule has 0 radical (unpaired) electrons. The first-order chi connectivity index (χ1) is 9.15. The monoisotopic (exact) mass is 266 g/mol. The van der Waals surface area contributed by atoms with Crippen LogP contribution in [0.1, 0.15) is 31.1 Å². The van der Waals surface area contributed by atoms with Gasteiger partial charge in [-0.05, 0) is 32.9 Å². The first kappa shape index (κ1) is 15.7. The average molecular weight is 266 g/mol. The van der Waals surface area contributed by atoms with Crippen LogP contribution >= 0.6 is 0 Å². The molecule has 19 heavy (non-hydrogen) atoms. The lowest BCUT2D eigenvalue weighted by Crippen LogP contribution is -2.19. The van der Waals surface area contributed by atoms with Crippen molar-refractivity contribution in [3.05, 3.63) is 29.8 Å². The van der Waals surface area contributed by atoms with E-state index in [2.05, 4.69) is 0 Å². The van der Waals surface area contributed by atoms with Crippen molar-refractivity contribution in [2.24, 2.45) is 0 Å². The van der Waals surface area contributed by atoms with E-state index < -0.39 is 0 Å². The van der Waals surface area contributed by atoms with Crippen LogP contribution in [0.15, 0.2) is 24.3 Å². The van der Waals surface area contributed by atoms with Crippen LogP contribution in [0.4, 0.5) is 0 Å². The first-order valence-corrected chi connectivity index (χ1v) is 6.57. The second-order valence-corrected chi connectivity index (χ2v) is 4.24. The molecular formula is C15H22O4. The maximum Gasteiger partial charge on any atom is 0.163 e. The number of ketones is 1. The number of para-hydroxylation sites is 1. The van der Waals surface area contributed by atoms with Gasteiger partial charge in [-0.1, -0.05) is 12.1 Å². The van der Waals surface area contributed by atoms with E-state index >= 15 is 0 Å². The lowest BCUT2D eigenvalue weighted by atomic mass is 10.1. The third-order valence-corrected chi connectivity index (χ3v) is 2.57. The normalized spacial score (nSPS) is 12.2. The smallest absolute Gasteiger partial charge is 0.163 e. The van der Waals surface area contributed by atoms with E-state index in [9.17, 15) is 4.79 Å². The standard InChI is InChI=1S/C15H22O4/c1-4-17-11-12(2)18-9-10-19-15-8-6-5-7-14(15)13(3)16/h5-8,12H,4,9-11H2,1-3H3. The summed E-state index contributed by atoms with van der Waals surface area (Å²) in [5.41, 5.74) is 0.602. The van der Waals surface area contributed by atoms with Gasteiger partial charge in [0.1, 0.15) is 12.4 Å². The van der Waals surface area contributed by atoms with Gasteiger partial charge in [-0.15, -0.1) is 0 Å². The largest absolute Gasteiger partial charge is 0.490 e. The number of rotatable bonds is 9. The van der Waals surface area contributed by atoms with Crippen LogP contribution in [0.5, 0.6) is 5.75 Å². The zero-order chi connectivity index (χ0) is 14.1. The van der Waals surface area contributed by atoms with Gasteiger partial charge in [0, 0.05) is 6.61 Å². The average Bonchev–Trinajstić information content (AvgIpc) is 2.41. The molecule has 4 nitrogen and oxygen atoms in total. The third-order valence-electron chi connectivity index (χ3n) is 2.57. The Balaban J connectivity index is 2.31. The summed E-state index contributed by atoms with van der Waals surface area (Å²) < 4.78 is 16.3. The van der Waals surface area contributed by atoms with Gasteiger partial charge < -0.3 is 14.2 Å². The fraction of sp³-hybridized carbons (Fsp3) is 0.533. The number of carbonyl (C=O) groups is 1. The van der Waals surface area contributed by atoms with E-state index in [-0.39, 0.29) is 11.9 Å². The summed E-state index contributed by atoms with van der Waals surface area (Å²) in [5.74, 6) is 0.609. The molecule has 0 saturated carbocycles. The number of ether oxygens (including phenoxy) is 3. The Bertz CT molecular complexity index is 389. The molecule has 0 amide bonds. The molecule has 0 aromatic heterocycles. The summed E-state index contributed by atoms with van der Waals surface area (Å²) in [4.78, 5) is 11.4. The van der Waals surface area contributed by atoms with Crippen molar-refractivity contribution in [1.29, 1.82) is 0 Å². The molecule has 0 spiro atoms. The van der Waals surface area contributed by atoms with Gasteiger partial charge in [0.05, 0.1) is 24.9 Å². The van der Waals surface area contributed by atoms with Gasteiger partial charge in [-0.25, -0.2) is 0 Å². The molecule has 106 valence electrons. The SMILES string of the molecule is CCOCC(C)OCCOc1ccccc1C(C)=O. The van der Waals surface area contributed by atoms with E-state index in [1.165, 1.54) is 6.92 Å². The van der Waals surface area contributed by atoms with Crippen molar-refractivity contribution >= 4 is 5.78 Å². The molecule has 0 N–H and O–H groups in total. The lowest BCUT2D eigenvalue weighted by molar-refractivity contribution is -0.0128. The van der Waals surface area contributed by atoms with Crippen LogP contribution in [0.2, 0.25) is 0 Å². The van der Waals surface area contributed by atoms with Crippen LogP contribution in [-0.4, -0.2) is 38.3 Å². The van der Waals surface area contributed by atoms with E-state index in [1.54, 1.807) is 12.1 Å². The minimum Gasteiger partial charge on any atom is -0.490 e. The number of hydrogen-bond acceptors (Lipinski definition) is 4. The van der Waals surface area contributed by atoms with Gasteiger partial charge >= 0.3 is 0 Å². The number of benzene rings is 1. The summed E-state index contributed by atoms with van der Waals surface area (Å²) >= 11 is 0. The second-order valence-electron chi connectivity index (χ2n) is 4.24. The Hall–Kier alpha value is -1.39. The molecule has 1 unspecified atom stereocenters. The molecule has 0 aliphatic heterocycles. The van der Waals surface area contributed by atoms with Gasteiger partial charge in [-0.2, -0.15) is 0 Å². The van der Waals surface area contributed by atoms with E-state index in [0.29, 0.717) is 37.7 Å².